The van der Waals surface area contributed by atoms with E-state index in [0.717, 1.165) is 14.8 Å². The average molecular weight is 476 g/mol. The predicted octanol–water partition coefficient (Wildman–Crippen LogP) is 5.74. The Morgan fingerprint density at radius 2 is 1.74 bits per heavy atom. The first kappa shape index (κ1) is 19.2. The fraction of sp³-hybridized carbons (Fsp3) is 0.0952. The molecular weight excluding hydrogens is 458 g/mol. The van der Waals surface area contributed by atoms with Crippen LogP contribution < -0.4 is 15.4 Å². The van der Waals surface area contributed by atoms with E-state index in [0.29, 0.717) is 22.7 Å². The van der Waals surface area contributed by atoms with Gasteiger partial charge in [0.2, 0.25) is 0 Å². The van der Waals surface area contributed by atoms with E-state index in [9.17, 15) is 9.18 Å². The summed E-state index contributed by atoms with van der Waals surface area (Å²) in [5, 5.41) is 6.04. The maximum Gasteiger partial charge on any atom is 0.259 e. The van der Waals surface area contributed by atoms with E-state index >= 15 is 0 Å². The van der Waals surface area contributed by atoms with Gasteiger partial charge >= 0.3 is 0 Å². The molecule has 0 aliphatic heterocycles. The maximum atomic E-state index is 13.8. The van der Waals surface area contributed by atoms with Crippen LogP contribution in [0.25, 0.3) is 0 Å². The van der Waals surface area contributed by atoms with E-state index in [1.54, 1.807) is 24.3 Å². The Balaban J connectivity index is 1.91. The largest absolute Gasteiger partial charge is 0.496 e. The minimum atomic E-state index is -0.393. The number of carbonyl (C=O) groups excluding carboxylic acids is 1. The highest BCUT2D eigenvalue weighted by Gasteiger charge is 2.14. The fourth-order valence-electron chi connectivity index (χ4n) is 2.66. The molecule has 3 aromatic carbocycles. The third-order valence-electron chi connectivity index (χ3n) is 4.04. The second-order valence-electron chi connectivity index (χ2n) is 5.93. The van der Waals surface area contributed by atoms with Gasteiger partial charge in [0, 0.05) is 9.26 Å². The molecule has 3 aromatic rings. The van der Waals surface area contributed by atoms with Gasteiger partial charge in [-0.1, -0.05) is 12.1 Å². The molecule has 0 saturated heterocycles. The first-order valence-electron chi connectivity index (χ1n) is 8.25. The first-order chi connectivity index (χ1) is 13.0. The summed E-state index contributed by atoms with van der Waals surface area (Å²) >= 11 is 2.24. The number of amides is 1. The van der Waals surface area contributed by atoms with Gasteiger partial charge in [-0.3, -0.25) is 4.79 Å². The van der Waals surface area contributed by atoms with Crippen LogP contribution in [0.2, 0.25) is 0 Å². The zero-order valence-electron chi connectivity index (χ0n) is 14.8. The highest BCUT2D eigenvalue weighted by Crippen LogP contribution is 2.30. The van der Waals surface area contributed by atoms with Crippen LogP contribution in [0.15, 0.2) is 60.7 Å². The van der Waals surface area contributed by atoms with Crippen molar-refractivity contribution in [3.8, 4) is 5.75 Å². The van der Waals surface area contributed by atoms with Crippen molar-refractivity contribution in [2.24, 2.45) is 0 Å². The lowest BCUT2D eigenvalue weighted by Gasteiger charge is -2.16. The minimum Gasteiger partial charge on any atom is -0.496 e. The van der Waals surface area contributed by atoms with E-state index in [2.05, 4.69) is 33.2 Å². The summed E-state index contributed by atoms with van der Waals surface area (Å²) < 4.78 is 20.2. The standard InChI is InChI=1S/C21H18FIN2O2/c1-13-11-15(23)8-10-17(13)24-19-12-14(22)7-9-18(19)25-21(26)16-5-3-4-6-20(16)27-2/h3-12,24H,1-2H3,(H,25,26). The molecule has 0 atom stereocenters. The number of halogens is 2. The average Bonchev–Trinajstić information content (AvgIpc) is 2.66. The van der Waals surface area contributed by atoms with Gasteiger partial charge in [0.15, 0.2) is 0 Å². The summed E-state index contributed by atoms with van der Waals surface area (Å²) in [5.74, 6) is -0.252. The number of aryl methyl sites for hydroxylation is 1. The summed E-state index contributed by atoms with van der Waals surface area (Å²) in [7, 11) is 1.51. The molecule has 0 aromatic heterocycles. The van der Waals surface area contributed by atoms with Crippen LogP contribution in [0.5, 0.6) is 5.75 Å². The smallest absolute Gasteiger partial charge is 0.259 e. The number of ether oxygens (including phenoxy) is 1. The van der Waals surface area contributed by atoms with Crippen LogP contribution in [0, 0.1) is 16.3 Å². The summed E-state index contributed by atoms with van der Waals surface area (Å²) in [6, 6.07) is 17.1. The number of anilines is 3. The zero-order valence-corrected chi connectivity index (χ0v) is 17.0. The van der Waals surface area contributed by atoms with Crippen molar-refractivity contribution in [1.82, 2.24) is 0 Å². The molecule has 0 radical (unpaired) electrons. The van der Waals surface area contributed by atoms with E-state index in [-0.39, 0.29) is 5.91 Å². The summed E-state index contributed by atoms with van der Waals surface area (Å²) in [6.07, 6.45) is 0. The molecule has 0 bridgehead atoms. The number of hydrogen-bond acceptors (Lipinski definition) is 3. The molecule has 0 fully saturated rings. The Morgan fingerprint density at radius 3 is 2.48 bits per heavy atom. The normalized spacial score (nSPS) is 10.4. The van der Waals surface area contributed by atoms with Crippen LogP contribution in [0.4, 0.5) is 21.5 Å². The molecule has 0 aliphatic carbocycles. The molecule has 4 nitrogen and oxygen atoms in total. The van der Waals surface area contributed by atoms with Gasteiger partial charge in [-0.15, -0.1) is 0 Å². The highest BCUT2D eigenvalue weighted by molar-refractivity contribution is 14.1. The maximum absolute atomic E-state index is 13.8. The Hall–Kier alpha value is -2.61. The van der Waals surface area contributed by atoms with Gasteiger partial charge < -0.3 is 15.4 Å². The third kappa shape index (κ3) is 4.57. The molecule has 0 spiro atoms. The molecule has 0 saturated carbocycles. The SMILES string of the molecule is COc1ccccc1C(=O)Nc1ccc(F)cc1Nc1ccc(I)cc1C. The summed E-state index contributed by atoms with van der Waals surface area (Å²) in [6.45, 7) is 1.97. The van der Waals surface area contributed by atoms with Crippen molar-refractivity contribution in [1.29, 1.82) is 0 Å². The van der Waals surface area contributed by atoms with Crippen LogP contribution in [0.1, 0.15) is 15.9 Å². The fourth-order valence-corrected chi connectivity index (χ4v) is 3.31. The molecule has 0 unspecified atom stereocenters. The van der Waals surface area contributed by atoms with Crippen molar-refractivity contribution in [2.75, 3.05) is 17.7 Å². The van der Waals surface area contributed by atoms with E-state index in [4.69, 9.17) is 4.74 Å². The number of benzene rings is 3. The second-order valence-corrected chi connectivity index (χ2v) is 7.17. The number of hydrogen-bond donors (Lipinski definition) is 2. The lowest BCUT2D eigenvalue weighted by molar-refractivity contribution is 0.102. The molecular formula is C21H18FIN2O2. The van der Waals surface area contributed by atoms with E-state index in [1.165, 1.54) is 25.3 Å². The number of methoxy groups -OCH3 is 1. The molecule has 0 aliphatic rings. The molecule has 3 rings (SSSR count). The van der Waals surface area contributed by atoms with Gasteiger partial charge in [0.1, 0.15) is 11.6 Å². The Morgan fingerprint density at radius 1 is 1.00 bits per heavy atom. The molecule has 27 heavy (non-hydrogen) atoms. The Kier molecular flexibility index (Phi) is 5.95. The number of carbonyl (C=O) groups is 1. The number of para-hydroxylation sites is 1. The number of rotatable bonds is 5. The number of nitrogens with one attached hydrogen (secondary N) is 2. The Bertz CT molecular complexity index is 992. The predicted molar refractivity (Wildman–Crippen MR) is 115 cm³/mol. The van der Waals surface area contributed by atoms with Gasteiger partial charge in [0.05, 0.1) is 24.0 Å². The van der Waals surface area contributed by atoms with Crippen molar-refractivity contribution < 1.29 is 13.9 Å². The summed E-state index contributed by atoms with van der Waals surface area (Å²) in [4.78, 5) is 12.7. The molecule has 6 heteroatoms. The van der Waals surface area contributed by atoms with Crippen molar-refractivity contribution in [3.05, 3.63) is 81.2 Å². The monoisotopic (exact) mass is 476 g/mol. The first-order valence-corrected chi connectivity index (χ1v) is 9.33. The van der Waals surface area contributed by atoms with Crippen LogP contribution >= 0.6 is 22.6 Å². The van der Waals surface area contributed by atoms with Gasteiger partial charge in [-0.2, -0.15) is 0 Å². The topological polar surface area (TPSA) is 50.4 Å². The van der Waals surface area contributed by atoms with Crippen molar-refractivity contribution >= 4 is 45.6 Å². The van der Waals surface area contributed by atoms with Crippen LogP contribution in [-0.2, 0) is 0 Å². The molecule has 2 N–H and O–H groups in total. The van der Waals surface area contributed by atoms with E-state index < -0.39 is 5.82 Å². The molecule has 1 amide bonds. The lowest BCUT2D eigenvalue weighted by atomic mass is 10.1. The van der Waals surface area contributed by atoms with Crippen LogP contribution in [-0.4, -0.2) is 13.0 Å². The van der Waals surface area contributed by atoms with Gasteiger partial charge in [0.25, 0.3) is 5.91 Å². The second kappa shape index (κ2) is 8.39. The van der Waals surface area contributed by atoms with Crippen LogP contribution in [0.3, 0.4) is 0 Å². The lowest BCUT2D eigenvalue weighted by Crippen LogP contribution is -2.14. The van der Waals surface area contributed by atoms with Gasteiger partial charge in [-0.05, 0) is 83.6 Å². The minimum absolute atomic E-state index is 0.332. The van der Waals surface area contributed by atoms with Crippen molar-refractivity contribution in [2.45, 2.75) is 6.92 Å². The third-order valence-corrected chi connectivity index (χ3v) is 4.71. The van der Waals surface area contributed by atoms with E-state index in [1.807, 2.05) is 25.1 Å². The highest BCUT2D eigenvalue weighted by atomic mass is 127. The Labute approximate surface area is 170 Å². The molecule has 0 heterocycles. The summed E-state index contributed by atoms with van der Waals surface area (Å²) in [5.41, 5.74) is 3.22. The van der Waals surface area contributed by atoms with Crippen molar-refractivity contribution in [3.63, 3.8) is 0 Å². The van der Waals surface area contributed by atoms with Gasteiger partial charge in [-0.25, -0.2) is 4.39 Å². The quantitative estimate of drug-likeness (QED) is 0.462. The zero-order chi connectivity index (χ0) is 19.4. The molecule has 138 valence electrons.